The lowest BCUT2D eigenvalue weighted by molar-refractivity contribution is 0.105. The number of methoxy groups -OCH3 is 1. The van der Waals surface area contributed by atoms with E-state index < -0.39 is 6.10 Å². The molecular formula is C15H25NO2. The van der Waals surface area contributed by atoms with Crippen molar-refractivity contribution in [3.05, 3.63) is 29.8 Å². The summed E-state index contributed by atoms with van der Waals surface area (Å²) in [4.78, 5) is 0. The van der Waals surface area contributed by atoms with Crippen molar-refractivity contribution in [2.45, 2.75) is 39.3 Å². The van der Waals surface area contributed by atoms with E-state index >= 15 is 0 Å². The van der Waals surface area contributed by atoms with Crippen LogP contribution >= 0.6 is 0 Å². The summed E-state index contributed by atoms with van der Waals surface area (Å²) in [7, 11) is 1.64. The number of hydrogen-bond donors (Lipinski definition) is 2. The maximum atomic E-state index is 10.5. The number of nitrogens with one attached hydrogen (secondary N) is 1. The predicted molar refractivity (Wildman–Crippen MR) is 74.9 cm³/mol. The molecule has 3 nitrogen and oxygen atoms in total. The van der Waals surface area contributed by atoms with E-state index in [1.165, 1.54) is 0 Å². The first kappa shape index (κ1) is 15.0. The SMILES string of the molecule is CCCNC(C(C)C)C(O)c1cccc(OC)c1. The normalized spacial score (nSPS) is 14.6. The lowest BCUT2D eigenvalue weighted by Crippen LogP contribution is -2.39. The van der Waals surface area contributed by atoms with Crippen LogP contribution in [0, 0.1) is 5.92 Å². The largest absolute Gasteiger partial charge is 0.497 e. The highest BCUT2D eigenvalue weighted by Crippen LogP contribution is 2.24. The van der Waals surface area contributed by atoms with Crippen LogP contribution in [-0.4, -0.2) is 24.8 Å². The van der Waals surface area contributed by atoms with Crippen LogP contribution in [0.3, 0.4) is 0 Å². The van der Waals surface area contributed by atoms with Crippen molar-refractivity contribution in [1.29, 1.82) is 0 Å². The molecule has 1 aromatic rings. The zero-order valence-electron chi connectivity index (χ0n) is 11.8. The van der Waals surface area contributed by atoms with Crippen molar-refractivity contribution in [3.63, 3.8) is 0 Å². The van der Waals surface area contributed by atoms with Gasteiger partial charge in [-0.2, -0.15) is 0 Å². The molecule has 0 aliphatic rings. The molecule has 102 valence electrons. The summed E-state index contributed by atoms with van der Waals surface area (Å²) in [5.74, 6) is 1.15. The van der Waals surface area contributed by atoms with Crippen molar-refractivity contribution < 1.29 is 9.84 Å². The Bertz CT molecular complexity index is 352. The number of rotatable bonds is 7. The van der Waals surface area contributed by atoms with E-state index in [1.807, 2.05) is 24.3 Å². The Hall–Kier alpha value is -1.06. The van der Waals surface area contributed by atoms with Gasteiger partial charge in [0.1, 0.15) is 5.75 Å². The first-order valence-corrected chi connectivity index (χ1v) is 6.65. The molecule has 0 bridgehead atoms. The van der Waals surface area contributed by atoms with E-state index in [0.29, 0.717) is 5.92 Å². The second-order valence-electron chi connectivity index (χ2n) is 4.95. The number of ether oxygens (including phenoxy) is 1. The van der Waals surface area contributed by atoms with Gasteiger partial charge < -0.3 is 15.2 Å². The van der Waals surface area contributed by atoms with Crippen molar-refractivity contribution in [1.82, 2.24) is 5.32 Å². The van der Waals surface area contributed by atoms with Gasteiger partial charge in [-0.15, -0.1) is 0 Å². The topological polar surface area (TPSA) is 41.5 Å². The predicted octanol–water partition coefficient (Wildman–Crippen LogP) is 2.75. The Morgan fingerprint density at radius 1 is 1.33 bits per heavy atom. The molecule has 18 heavy (non-hydrogen) atoms. The minimum Gasteiger partial charge on any atom is -0.497 e. The number of hydrogen-bond acceptors (Lipinski definition) is 3. The minimum atomic E-state index is -0.508. The monoisotopic (exact) mass is 251 g/mol. The molecule has 2 N–H and O–H groups in total. The molecule has 0 saturated heterocycles. The second-order valence-corrected chi connectivity index (χ2v) is 4.95. The number of aliphatic hydroxyl groups excluding tert-OH is 1. The smallest absolute Gasteiger partial charge is 0.119 e. The van der Waals surface area contributed by atoms with Crippen LogP contribution in [0.1, 0.15) is 38.9 Å². The third-order valence-corrected chi connectivity index (χ3v) is 3.12. The molecule has 0 radical (unpaired) electrons. The van der Waals surface area contributed by atoms with Crippen molar-refractivity contribution in [3.8, 4) is 5.75 Å². The molecule has 0 saturated carbocycles. The molecule has 1 rings (SSSR count). The van der Waals surface area contributed by atoms with Crippen molar-refractivity contribution >= 4 is 0 Å². The standard InChI is InChI=1S/C15H25NO2/c1-5-9-16-14(11(2)3)15(17)12-7-6-8-13(10-12)18-4/h6-8,10-11,14-17H,5,9H2,1-4H3. The van der Waals surface area contributed by atoms with Gasteiger partial charge in [0, 0.05) is 6.04 Å². The Balaban J connectivity index is 2.83. The van der Waals surface area contributed by atoms with E-state index in [1.54, 1.807) is 7.11 Å². The lowest BCUT2D eigenvalue weighted by atomic mass is 9.93. The number of benzene rings is 1. The van der Waals surface area contributed by atoms with Gasteiger partial charge in [0.2, 0.25) is 0 Å². The molecule has 0 aliphatic carbocycles. The molecule has 2 atom stereocenters. The average Bonchev–Trinajstić information content (AvgIpc) is 2.38. The summed E-state index contributed by atoms with van der Waals surface area (Å²) in [5, 5.41) is 13.9. The summed E-state index contributed by atoms with van der Waals surface area (Å²) in [5.41, 5.74) is 0.900. The second kappa shape index (κ2) is 7.39. The maximum Gasteiger partial charge on any atom is 0.119 e. The summed E-state index contributed by atoms with van der Waals surface area (Å²) < 4.78 is 5.19. The fourth-order valence-electron chi connectivity index (χ4n) is 2.06. The van der Waals surface area contributed by atoms with Gasteiger partial charge in [0.25, 0.3) is 0 Å². The van der Waals surface area contributed by atoms with E-state index in [9.17, 15) is 5.11 Å². The highest BCUT2D eigenvalue weighted by molar-refractivity contribution is 5.30. The molecule has 0 amide bonds. The highest BCUT2D eigenvalue weighted by atomic mass is 16.5. The highest BCUT2D eigenvalue weighted by Gasteiger charge is 2.23. The third-order valence-electron chi connectivity index (χ3n) is 3.12. The molecule has 0 aromatic heterocycles. The van der Waals surface area contributed by atoms with Crippen LogP contribution < -0.4 is 10.1 Å². The Labute approximate surface area is 110 Å². The van der Waals surface area contributed by atoms with Crippen LogP contribution in [0.25, 0.3) is 0 Å². The van der Waals surface area contributed by atoms with Crippen LogP contribution in [-0.2, 0) is 0 Å². The molecular weight excluding hydrogens is 226 g/mol. The average molecular weight is 251 g/mol. The zero-order valence-corrected chi connectivity index (χ0v) is 11.8. The van der Waals surface area contributed by atoms with Gasteiger partial charge in [-0.3, -0.25) is 0 Å². The first-order chi connectivity index (χ1) is 8.60. The van der Waals surface area contributed by atoms with Gasteiger partial charge in [0.15, 0.2) is 0 Å². The van der Waals surface area contributed by atoms with E-state index in [2.05, 4.69) is 26.1 Å². The molecule has 1 aromatic carbocycles. The fraction of sp³-hybridized carbons (Fsp3) is 0.600. The lowest BCUT2D eigenvalue weighted by Gasteiger charge is -2.28. The Morgan fingerprint density at radius 3 is 2.61 bits per heavy atom. The first-order valence-electron chi connectivity index (χ1n) is 6.65. The summed E-state index contributed by atoms with van der Waals surface area (Å²) in [6, 6.07) is 7.70. The molecule has 3 heteroatoms. The summed E-state index contributed by atoms with van der Waals surface area (Å²) in [6.45, 7) is 7.29. The molecule has 0 aliphatic heterocycles. The van der Waals surface area contributed by atoms with E-state index in [4.69, 9.17) is 4.74 Å². The molecule has 0 heterocycles. The van der Waals surface area contributed by atoms with Crippen LogP contribution in [0.5, 0.6) is 5.75 Å². The van der Waals surface area contributed by atoms with Gasteiger partial charge in [-0.1, -0.05) is 32.9 Å². The van der Waals surface area contributed by atoms with Gasteiger partial charge in [-0.25, -0.2) is 0 Å². The Kier molecular flexibility index (Phi) is 6.16. The van der Waals surface area contributed by atoms with E-state index in [0.717, 1.165) is 24.3 Å². The summed E-state index contributed by atoms with van der Waals surface area (Å²) >= 11 is 0. The third kappa shape index (κ3) is 4.00. The van der Waals surface area contributed by atoms with Crippen LogP contribution in [0.4, 0.5) is 0 Å². The quantitative estimate of drug-likeness (QED) is 0.783. The molecule has 2 unspecified atom stereocenters. The van der Waals surface area contributed by atoms with Crippen LogP contribution in [0.15, 0.2) is 24.3 Å². The van der Waals surface area contributed by atoms with Gasteiger partial charge in [-0.05, 0) is 36.6 Å². The molecule has 0 fully saturated rings. The maximum absolute atomic E-state index is 10.5. The molecule has 0 spiro atoms. The van der Waals surface area contributed by atoms with Crippen molar-refractivity contribution in [2.24, 2.45) is 5.92 Å². The van der Waals surface area contributed by atoms with E-state index in [-0.39, 0.29) is 6.04 Å². The van der Waals surface area contributed by atoms with Crippen LogP contribution in [0.2, 0.25) is 0 Å². The van der Waals surface area contributed by atoms with Crippen molar-refractivity contribution in [2.75, 3.05) is 13.7 Å². The number of aliphatic hydroxyl groups is 1. The fourth-order valence-corrected chi connectivity index (χ4v) is 2.06. The zero-order chi connectivity index (χ0) is 13.5. The van der Waals surface area contributed by atoms with Gasteiger partial charge in [0.05, 0.1) is 13.2 Å². The van der Waals surface area contributed by atoms with Gasteiger partial charge >= 0.3 is 0 Å². The minimum absolute atomic E-state index is 0.0667. The summed E-state index contributed by atoms with van der Waals surface area (Å²) in [6.07, 6.45) is 0.556. The Morgan fingerprint density at radius 2 is 2.06 bits per heavy atom.